The van der Waals surface area contributed by atoms with Gasteiger partial charge in [-0.05, 0) is 12.8 Å². The van der Waals surface area contributed by atoms with E-state index < -0.39 is 84.6 Å². The quantitative estimate of drug-likeness (QED) is 0.0253. The number of hydrogen-bond donors (Lipinski definition) is 9. The molecule has 0 bridgehead atoms. The van der Waals surface area contributed by atoms with E-state index >= 15 is 0 Å². The van der Waals surface area contributed by atoms with E-state index in [0.717, 1.165) is 54.7 Å². The van der Waals surface area contributed by atoms with Crippen LogP contribution in [0.2, 0.25) is 0 Å². The fourth-order valence-electron chi connectivity index (χ4n) is 5.60. The van der Waals surface area contributed by atoms with Gasteiger partial charge in [0.2, 0.25) is 11.8 Å². The molecule has 3 rings (SSSR count). The van der Waals surface area contributed by atoms with Crippen LogP contribution in [0.5, 0.6) is 0 Å². The molecule has 2 unspecified atom stereocenters. The predicted octanol–water partition coefficient (Wildman–Crippen LogP) is 1.54. The fraction of sp³-hybridized carbons (Fsp3) is 0.667. The maximum absolute atomic E-state index is 12.7. The van der Waals surface area contributed by atoms with Gasteiger partial charge in [0.15, 0.2) is 22.8 Å². The summed E-state index contributed by atoms with van der Waals surface area (Å²) in [6.45, 7) is 2.43. The Morgan fingerprint density at radius 1 is 1.02 bits per heavy atom. The number of aromatic nitrogens is 4. The molecule has 7 atom stereocenters. The van der Waals surface area contributed by atoms with Crippen LogP contribution in [0, 0.1) is 5.41 Å². The lowest BCUT2D eigenvalue weighted by atomic mass is 9.87. The van der Waals surface area contributed by atoms with Crippen LogP contribution < -0.4 is 16.4 Å². The van der Waals surface area contributed by atoms with Crippen molar-refractivity contribution in [2.75, 3.05) is 37.8 Å². The van der Waals surface area contributed by atoms with Gasteiger partial charge in [0, 0.05) is 37.1 Å². The van der Waals surface area contributed by atoms with Crippen molar-refractivity contribution in [1.29, 1.82) is 0 Å². The molecule has 2 aromatic rings. The lowest BCUT2D eigenvalue weighted by molar-refractivity contribution is -0.137. The van der Waals surface area contributed by atoms with E-state index in [1.165, 1.54) is 20.3 Å². The number of nitrogen functional groups attached to an aromatic ring is 1. The number of unbranched alkanes of at least 4 members (excludes halogenated alkanes) is 4. The van der Waals surface area contributed by atoms with Gasteiger partial charge in [-0.1, -0.05) is 63.9 Å². The standard InChI is InChI=1S/C33H54N7O18P3S/c1-4-5-6-7-8-9-10-11-21(41)16-24(43)62-15-14-35-23(42)12-13-36-31(46)28(45)33(2,3)18-55-61(52,53)58-60(50,51)54-17-22-27(57-59(47,48)49)26(44)32(56-22)40-20-39-25-29(34)37-19-38-30(25)40/h9-10,19-20,22,26-28,32,44-45H,4-8,11-18H2,1-3H3,(H,35,42)(H,36,46)(H,50,51)(H,52,53)(H2,34,37,38)(H2,47,48,49)/b10-9+/t22-,26-,27-,28+,32-/m1/s1. The molecule has 0 saturated carbocycles. The first-order chi connectivity index (χ1) is 28.9. The number of anilines is 1. The van der Waals surface area contributed by atoms with Gasteiger partial charge in [0.1, 0.15) is 42.0 Å². The van der Waals surface area contributed by atoms with E-state index in [-0.39, 0.29) is 66.0 Å². The van der Waals surface area contributed by atoms with E-state index in [9.17, 15) is 62.7 Å². The van der Waals surface area contributed by atoms with Crippen molar-refractivity contribution in [3.63, 3.8) is 0 Å². The lowest BCUT2D eigenvalue weighted by Gasteiger charge is -2.30. The Labute approximate surface area is 360 Å². The average molecular weight is 962 g/mol. The number of thioether (sulfide) groups is 1. The number of ketones is 1. The van der Waals surface area contributed by atoms with Crippen molar-refractivity contribution in [2.24, 2.45) is 5.41 Å². The number of nitrogens with two attached hydrogens (primary N) is 1. The van der Waals surface area contributed by atoms with E-state index in [2.05, 4.69) is 41.3 Å². The van der Waals surface area contributed by atoms with Crippen LogP contribution >= 0.6 is 35.2 Å². The van der Waals surface area contributed by atoms with Crippen LogP contribution in [0.15, 0.2) is 24.8 Å². The predicted molar refractivity (Wildman–Crippen MR) is 219 cm³/mol. The van der Waals surface area contributed by atoms with Gasteiger partial charge in [0.25, 0.3) is 0 Å². The van der Waals surface area contributed by atoms with Crippen LogP contribution in [-0.2, 0) is 55.5 Å². The highest BCUT2D eigenvalue weighted by molar-refractivity contribution is 8.13. The van der Waals surface area contributed by atoms with E-state index in [0.29, 0.717) is 0 Å². The number of allylic oxidation sites excluding steroid dienone is 2. The maximum atomic E-state index is 12.7. The summed E-state index contributed by atoms with van der Waals surface area (Å²) in [5.74, 6) is -1.52. The number of rotatable bonds is 28. The SMILES string of the molecule is CCCCCC/C=C/CC(=O)CC(=O)SCCNC(=O)CCNC(=O)[C@H](O)C(C)(C)COP(=O)(O)OP(=O)(O)OC[C@H]1O[C@@H](n2cnc3c(N)ncnc32)[C@H](O)[C@@H]1OP(=O)(O)O. The molecule has 1 aliphatic rings. The number of phosphoric acid groups is 3. The summed E-state index contributed by atoms with van der Waals surface area (Å²) in [6, 6.07) is 0. The first-order valence-electron chi connectivity index (χ1n) is 19.2. The highest BCUT2D eigenvalue weighted by Gasteiger charge is 2.50. The second kappa shape index (κ2) is 24.3. The fourth-order valence-corrected chi connectivity index (χ4v) is 9.12. The third kappa shape index (κ3) is 17.9. The molecule has 3 heterocycles. The maximum Gasteiger partial charge on any atom is 0.481 e. The zero-order valence-electron chi connectivity index (χ0n) is 34.1. The van der Waals surface area contributed by atoms with Crippen molar-refractivity contribution < 1.29 is 85.3 Å². The van der Waals surface area contributed by atoms with Gasteiger partial charge in [-0.3, -0.25) is 37.3 Å². The summed E-state index contributed by atoms with van der Waals surface area (Å²) in [6.07, 6.45) is 2.03. The summed E-state index contributed by atoms with van der Waals surface area (Å²) >= 11 is 0.906. The molecule has 10 N–H and O–H groups in total. The molecule has 2 amide bonds. The van der Waals surface area contributed by atoms with E-state index in [4.69, 9.17) is 19.5 Å². The van der Waals surface area contributed by atoms with Crippen LogP contribution in [0.4, 0.5) is 5.82 Å². The highest BCUT2D eigenvalue weighted by Crippen LogP contribution is 2.61. The summed E-state index contributed by atoms with van der Waals surface area (Å²) < 4.78 is 62.2. The number of nitrogens with one attached hydrogen (secondary N) is 2. The Hall–Kier alpha value is -3.03. The number of nitrogens with zero attached hydrogens (tertiary/aromatic N) is 4. The molecule has 1 saturated heterocycles. The monoisotopic (exact) mass is 961 g/mol. The number of phosphoric ester groups is 3. The topological polar surface area (TPSA) is 381 Å². The third-order valence-electron chi connectivity index (χ3n) is 8.84. The summed E-state index contributed by atoms with van der Waals surface area (Å²) in [5, 5.41) is 26.1. The summed E-state index contributed by atoms with van der Waals surface area (Å²) in [7, 11) is -16.4. The number of hydrogen-bond acceptors (Lipinski definition) is 19. The van der Waals surface area contributed by atoms with Crippen LogP contribution in [0.3, 0.4) is 0 Å². The molecule has 0 spiro atoms. The molecule has 0 radical (unpaired) electrons. The van der Waals surface area contributed by atoms with Gasteiger partial charge < -0.3 is 50.9 Å². The number of aliphatic hydroxyl groups excluding tert-OH is 2. The number of amides is 2. The molecule has 29 heteroatoms. The van der Waals surface area contributed by atoms with Crippen LogP contribution in [0.25, 0.3) is 11.2 Å². The minimum Gasteiger partial charge on any atom is -0.386 e. The van der Waals surface area contributed by atoms with Gasteiger partial charge in [0.05, 0.1) is 26.0 Å². The minimum absolute atomic E-state index is 0.0244. The van der Waals surface area contributed by atoms with Gasteiger partial charge >= 0.3 is 23.5 Å². The molecule has 25 nitrogen and oxygen atoms in total. The lowest BCUT2D eigenvalue weighted by Crippen LogP contribution is -2.46. The molecule has 1 aliphatic heterocycles. The highest BCUT2D eigenvalue weighted by atomic mass is 32.2. The first-order valence-corrected chi connectivity index (χ1v) is 24.7. The molecule has 2 aromatic heterocycles. The normalized spacial score (nSPS) is 20.8. The number of aliphatic hydroxyl groups is 2. The molecule has 62 heavy (non-hydrogen) atoms. The molecular formula is C33H54N7O18P3S. The largest absolute Gasteiger partial charge is 0.481 e. The minimum atomic E-state index is -5.59. The molecule has 0 aromatic carbocycles. The van der Waals surface area contributed by atoms with Crippen molar-refractivity contribution in [3.8, 4) is 0 Å². The Morgan fingerprint density at radius 2 is 1.73 bits per heavy atom. The number of imidazole rings is 1. The summed E-state index contributed by atoms with van der Waals surface area (Å²) in [4.78, 5) is 99.9. The van der Waals surface area contributed by atoms with E-state index in [1.807, 2.05) is 6.08 Å². The van der Waals surface area contributed by atoms with Crippen molar-refractivity contribution in [1.82, 2.24) is 30.2 Å². The van der Waals surface area contributed by atoms with Crippen LogP contribution in [0.1, 0.15) is 78.4 Å². The van der Waals surface area contributed by atoms with Gasteiger partial charge in [-0.25, -0.2) is 28.6 Å². The van der Waals surface area contributed by atoms with Gasteiger partial charge in [-0.15, -0.1) is 0 Å². The Bertz CT molecular complexity index is 2020. The number of ether oxygens (including phenoxy) is 1. The van der Waals surface area contributed by atoms with Crippen LogP contribution in [-0.4, -0.2) is 128 Å². The number of carbonyl (C=O) groups excluding carboxylic acids is 4. The molecule has 0 aliphatic carbocycles. The Balaban J connectivity index is 1.40. The number of Topliss-reactive ketones (excluding diaryl/α,β-unsaturated/α-hetero) is 1. The smallest absolute Gasteiger partial charge is 0.386 e. The van der Waals surface area contributed by atoms with Crippen molar-refractivity contribution in [2.45, 2.75) is 103 Å². The number of fused-ring (bicyclic) bond motifs is 1. The van der Waals surface area contributed by atoms with Crippen molar-refractivity contribution in [3.05, 3.63) is 24.8 Å². The number of carbonyl (C=O) groups is 4. The van der Waals surface area contributed by atoms with Crippen molar-refractivity contribution >= 4 is 74.9 Å². The third-order valence-corrected chi connectivity index (χ3v) is 12.8. The zero-order chi connectivity index (χ0) is 46.3. The van der Waals surface area contributed by atoms with E-state index in [1.54, 1.807) is 6.08 Å². The summed E-state index contributed by atoms with van der Waals surface area (Å²) in [5.41, 5.74) is 4.23. The zero-order valence-corrected chi connectivity index (χ0v) is 37.6. The molecular weight excluding hydrogens is 907 g/mol. The van der Waals surface area contributed by atoms with Gasteiger partial charge in [-0.2, -0.15) is 4.31 Å². The molecule has 1 fully saturated rings. The Morgan fingerprint density at radius 3 is 2.42 bits per heavy atom. The molecule has 350 valence electrons. The second-order valence-corrected chi connectivity index (χ2v) is 19.9. The second-order valence-electron chi connectivity index (χ2n) is 14.5. The average Bonchev–Trinajstić information content (AvgIpc) is 3.74. The Kier molecular flexibility index (Phi) is 20.9. The first kappa shape index (κ1) is 53.3.